The fraction of sp³-hybridized carbons (Fsp3) is 0.400. The summed E-state index contributed by atoms with van der Waals surface area (Å²) in [6, 6.07) is 6.94. The van der Waals surface area contributed by atoms with Gasteiger partial charge >= 0.3 is 0 Å². The van der Waals surface area contributed by atoms with Gasteiger partial charge in [0.25, 0.3) is 0 Å². The van der Waals surface area contributed by atoms with Crippen LogP contribution in [0, 0.1) is 30.1 Å². The van der Waals surface area contributed by atoms with E-state index in [0.29, 0.717) is 17.7 Å². The van der Waals surface area contributed by atoms with Crippen LogP contribution in [0.1, 0.15) is 30.9 Å². The third-order valence-corrected chi connectivity index (χ3v) is 4.54. The van der Waals surface area contributed by atoms with Crippen LogP contribution in [0.5, 0.6) is 0 Å². The molecule has 0 amide bonds. The monoisotopic (exact) mass is 306 g/mol. The maximum absolute atomic E-state index is 12.1. The molecule has 2 N–H and O–H groups in total. The van der Waals surface area contributed by atoms with Crippen molar-refractivity contribution in [3.8, 4) is 17.9 Å². The second kappa shape index (κ2) is 7.68. The van der Waals surface area contributed by atoms with E-state index >= 15 is 0 Å². The van der Waals surface area contributed by atoms with E-state index in [4.69, 9.17) is 10.4 Å². The number of nitrogens with one attached hydrogen (secondary N) is 1. The Kier molecular flexibility index (Phi) is 6.23. The van der Waals surface area contributed by atoms with Crippen LogP contribution in [-0.2, 0) is 10.0 Å². The highest BCUT2D eigenvalue weighted by Gasteiger charge is 2.23. The number of benzene rings is 1. The van der Waals surface area contributed by atoms with Crippen molar-refractivity contribution in [1.29, 1.82) is 5.26 Å². The minimum absolute atomic E-state index is 0.0152. The molecule has 0 saturated carbocycles. The van der Waals surface area contributed by atoms with Crippen molar-refractivity contribution in [2.75, 3.05) is 11.3 Å². The van der Waals surface area contributed by atoms with Crippen LogP contribution in [0.4, 0.5) is 5.69 Å². The lowest BCUT2D eigenvalue weighted by molar-refractivity contribution is 0.305. The minimum Gasteiger partial charge on any atom is -0.395 e. The van der Waals surface area contributed by atoms with Crippen LogP contribution < -0.4 is 4.72 Å². The van der Waals surface area contributed by atoms with Gasteiger partial charge in [-0.25, -0.2) is 8.42 Å². The van der Waals surface area contributed by atoms with Gasteiger partial charge in [0.05, 0.1) is 18.4 Å². The fourth-order valence-electron chi connectivity index (χ4n) is 1.63. The number of nitriles is 1. The van der Waals surface area contributed by atoms with Gasteiger partial charge in [0.2, 0.25) is 10.0 Å². The molecule has 6 heteroatoms. The summed E-state index contributed by atoms with van der Waals surface area (Å²) < 4.78 is 26.6. The SMILES string of the molecule is CCC(C#N)S(=O)(=O)Nc1cc(C#CCCO)ccc1C. The van der Waals surface area contributed by atoms with E-state index in [1.54, 1.807) is 38.1 Å². The Morgan fingerprint density at radius 1 is 1.43 bits per heavy atom. The molecule has 1 rings (SSSR count). The van der Waals surface area contributed by atoms with Crippen LogP contribution >= 0.6 is 0 Å². The van der Waals surface area contributed by atoms with Crippen LogP contribution in [0.2, 0.25) is 0 Å². The third kappa shape index (κ3) is 4.78. The smallest absolute Gasteiger partial charge is 0.249 e. The second-order valence-corrected chi connectivity index (χ2v) is 6.34. The Bertz CT molecular complexity index is 694. The average Bonchev–Trinajstić information content (AvgIpc) is 2.43. The number of rotatable bonds is 5. The van der Waals surface area contributed by atoms with Crippen molar-refractivity contribution < 1.29 is 13.5 Å². The summed E-state index contributed by atoms with van der Waals surface area (Å²) in [5, 5.41) is 16.5. The first-order valence-electron chi connectivity index (χ1n) is 6.56. The molecule has 0 aliphatic rings. The van der Waals surface area contributed by atoms with E-state index < -0.39 is 15.3 Å². The van der Waals surface area contributed by atoms with Gasteiger partial charge in [-0.15, -0.1) is 0 Å². The molecule has 0 radical (unpaired) electrons. The topological polar surface area (TPSA) is 90.2 Å². The van der Waals surface area contributed by atoms with E-state index in [2.05, 4.69) is 16.6 Å². The first-order valence-corrected chi connectivity index (χ1v) is 8.10. The van der Waals surface area contributed by atoms with Crippen molar-refractivity contribution in [1.82, 2.24) is 0 Å². The zero-order chi connectivity index (χ0) is 15.9. The molecular weight excluding hydrogens is 288 g/mol. The zero-order valence-corrected chi connectivity index (χ0v) is 12.9. The molecule has 1 aromatic rings. The lowest BCUT2D eigenvalue weighted by Gasteiger charge is -2.13. The number of nitrogens with zero attached hydrogens (tertiary/aromatic N) is 1. The van der Waals surface area contributed by atoms with E-state index in [-0.39, 0.29) is 13.0 Å². The molecule has 1 aromatic carbocycles. The quantitative estimate of drug-likeness (QED) is 0.811. The molecule has 0 heterocycles. The molecule has 0 spiro atoms. The Hall–Kier alpha value is -2.02. The van der Waals surface area contributed by atoms with Crippen molar-refractivity contribution in [3.05, 3.63) is 29.3 Å². The predicted octanol–water partition coefficient (Wildman–Crippen LogP) is 1.77. The molecule has 0 aliphatic carbocycles. The first kappa shape index (κ1) is 17.0. The van der Waals surface area contributed by atoms with Gasteiger partial charge < -0.3 is 5.11 Å². The van der Waals surface area contributed by atoms with Gasteiger partial charge in [-0.1, -0.05) is 24.8 Å². The van der Waals surface area contributed by atoms with Gasteiger partial charge in [-0.3, -0.25) is 4.72 Å². The minimum atomic E-state index is -3.74. The summed E-state index contributed by atoms with van der Waals surface area (Å²) in [7, 11) is -3.74. The number of anilines is 1. The summed E-state index contributed by atoms with van der Waals surface area (Å²) in [5.41, 5.74) is 1.82. The number of aliphatic hydroxyl groups is 1. The van der Waals surface area contributed by atoms with E-state index in [1.807, 2.05) is 0 Å². The number of sulfonamides is 1. The van der Waals surface area contributed by atoms with E-state index in [9.17, 15) is 8.42 Å². The van der Waals surface area contributed by atoms with Gasteiger partial charge in [0.15, 0.2) is 5.25 Å². The van der Waals surface area contributed by atoms with Crippen LogP contribution in [0.15, 0.2) is 18.2 Å². The Morgan fingerprint density at radius 3 is 2.71 bits per heavy atom. The molecule has 1 unspecified atom stereocenters. The zero-order valence-electron chi connectivity index (χ0n) is 12.0. The van der Waals surface area contributed by atoms with E-state index in [1.165, 1.54) is 0 Å². The summed E-state index contributed by atoms with van der Waals surface area (Å²) in [5.74, 6) is 5.62. The molecule has 0 fully saturated rings. The van der Waals surface area contributed by atoms with Crippen LogP contribution in [-0.4, -0.2) is 25.4 Å². The number of aliphatic hydroxyl groups excluding tert-OH is 1. The van der Waals surface area contributed by atoms with Crippen molar-refractivity contribution in [3.63, 3.8) is 0 Å². The van der Waals surface area contributed by atoms with E-state index in [0.717, 1.165) is 5.56 Å². The van der Waals surface area contributed by atoms with Crippen molar-refractivity contribution in [2.24, 2.45) is 0 Å². The molecule has 1 atom stereocenters. The van der Waals surface area contributed by atoms with Gasteiger partial charge in [-0.05, 0) is 31.0 Å². The van der Waals surface area contributed by atoms with Crippen LogP contribution in [0.3, 0.4) is 0 Å². The second-order valence-electron chi connectivity index (χ2n) is 4.48. The lowest BCUT2D eigenvalue weighted by atomic mass is 10.1. The molecule has 21 heavy (non-hydrogen) atoms. The fourth-order valence-corrected chi connectivity index (χ4v) is 2.88. The normalized spacial score (nSPS) is 11.9. The lowest BCUT2D eigenvalue weighted by Crippen LogP contribution is -2.26. The molecule has 0 aromatic heterocycles. The largest absolute Gasteiger partial charge is 0.395 e. The summed E-state index contributed by atoms with van der Waals surface area (Å²) in [6.45, 7) is 3.41. The predicted molar refractivity (Wildman–Crippen MR) is 82.0 cm³/mol. The molecular formula is C15H18N2O3S. The first-order chi connectivity index (χ1) is 9.94. The van der Waals surface area contributed by atoms with Crippen LogP contribution in [0.25, 0.3) is 0 Å². The highest BCUT2D eigenvalue weighted by Crippen LogP contribution is 2.20. The number of hydrogen-bond donors (Lipinski definition) is 2. The summed E-state index contributed by atoms with van der Waals surface area (Å²) in [4.78, 5) is 0. The maximum Gasteiger partial charge on any atom is 0.249 e. The highest BCUT2D eigenvalue weighted by atomic mass is 32.2. The number of hydrogen-bond acceptors (Lipinski definition) is 4. The number of aryl methyl sites for hydroxylation is 1. The van der Waals surface area contributed by atoms with Gasteiger partial charge in [0.1, 0.15) is 0 Å². The summed E-state index contributed by atoms with van der Waals surface area (Å²) >= 11 is 0. The standard InChI is InChI=1S/C15H18N2O3S/c1-3-14(11-16)21(19,20)17-15-10-13(6-4-5-9-18)8-7-12(15)2/h7-8,10,14,17-18H,3,5,9H2,1-2H3. The third-order valence-electron chi connectivity index (χ3n) is 2.85. The Balaban J connectivity index is 3.07. The van der Waals surface area contributed by atoms with Gasteiger partial charge in [-0.2, -0.15) is 5.26 Å². The highest BCUT2D eigenvalue weighted by molar-refractivity contribution is 7.93. The molecule has 112 valence electrons. The molecule has 0 bridgehead atoms. The Labute approximate surface area is 125 Å². The maximum atomic E-state index is 12.1. The molecule has 5 nitrogen and oxygen atoms in total. The molecule has 0 saturated heterocycles. The average molecular weight is 306 g/mol. The van der Waals surface area contributed by atoms with Crippen molar-refractivity contribution in [2.45, 2.75) is 31.9 Å². The Morgan fingerprint density at radius 2 is 2.14 bits per heavy atom. The van der Waals surface area contributed by atoms with Gasteiger partial charge in [0, 0.05) is 12.0 Å². The summed E-state index contributed by atoms with van der Waals surface area (Å²) in [6.07, 6.45) is 0.585. The van der Waals surface area contributed by atoms with Crippen molar-refractivity contribution >= 4 is 15.7 Å². The molecule has 0 aliphatic heterocycles.